The number of amides is 1. The maximum atomic E-state index is 13.2. The molecule has 9 heteroatoms. The lowest BCUT2D eigenvalue weighted by atomic mass is 10.1. The van der Waals surface area contributed by atoms with E-state index in [2.05, 4.69) is 10.6 Å². The van der Waals surface area contributed by atoms with Gasteiger partial charge >= 0.3 is 6.18 Å². The number of rotatable bonds is 3. The van der Waals surface area contributed by atoms with Gasteiger partial charge in [0.05, 0.1) is 30.2 Å². The minimum absolute atomic E-state index is 0.0752. The molecule has 1 amide bonds. The van der Waals surface area contributed by atoms with Gasteiger partial charge in [-0.1, -0.05) is 17.7 Å². The zero-order chi connectivity index (χ0) is 21.9. The molecule has 2 N–H and O–H groups in total. The Labute approximate surface area is 178 Å². The summed E-state index contributed by atoms with van der Waals surface area (Å²) in [5.41, 5.74) is 2.19. The van der Waals surface area contributed by atoms with E-state index in [9.17, 15) is 18.0 Å². The van der Waals surface area contributed by atoms with Crippen molar-refractivity contribution in [3.05, 3.63) is 58.7 Å². The fraction of sp³-hybridized carbons (Fsp3) is 0.333. The smallest absolute Gasteiger partial charge is 0.378 e. The van der Waals surface area contributed by atoms with Gasteiger partial charge in [-0.25, -0.2) is 0 Å². The van der Waals surface area contributed by atoms with E-state index in [4.69, 9.17) is 17.0 Å². The Bertz CT molecular complexity index is 957. The number of alkyl halides is 3. The van der Waals surface area contributed by atoms with Gasteiger partial charge in [0, 0.05) is 18.7 Å². The largest absolute Gasteiger partial charge is 0.416 e. The second-order valence-electron chi connectivity index (χ2n) is 7.06. The van der Waals surface area contributed by atoms with Gasteiger partial charge in [-0.3, -0.25) is 10.1 Å². The van der Waals surface area contributed by atoms with Crippen LogP contribution in [0.4, 0.5) is 24.5 Å². The molecule has 0 atom stereocenters. The number of morpholine rings is 1. The maximum absolute atomic E-state index is 13.2. The third kappa shape index (κ3) is 5.28. The molecule has 1 saturated heterocycles. The Kier molecular flexibility index (Phi) is 6.62. The highest BCUT2D eigenvalue weighted by atomic mass is 32.1. The Hall–Kier alpha value is -2.65. The van der Waals surface area contributed by atoms with Gasteiger partial charge in [0.15, 0.2) is 5.11 Å². The number of aryl methyl sites for hydroxylation is 2. The van der Waals surface area contributed by atoms with Crippen molar-refractivity contribution in [1.29, 1.82) is 0 Å². The van der Waals surface area contributed by atoms with Crippen LogP contribution in [-0.4, -0.2) is 37.3 Å². The van der Waals surface area contributed by atoms with Crippen LogP contribution in [0.15, 0.2) is 36.4 Å². The van der Waals surface area contributed by atoms with E-state index in [1.54, 1.807) is 6.07 Å². The first kappa shape index (κ1) is 22.0. The first-order chi connectivity index (χ1) is 14.1. The van der Waals surface area contributed by atoms with E-state index < -0.39 is 17.6 Å². The molecule has 1 aliphatic heterocycles. The number of hydrogen-bond acceptors (Lipinski definition) is 4. The fourth-order valence-corrected chi connectivity index (χ4v) is 3.49. The molecule has 1 aliphatic rings. The number of ether oxygens (including phenoxy) is 1. The number of carbonyl (C=O) groups is 1. The van der Waals surface area contributed by atoms with Crippen LogP contribution in [0.3, 0.4) is 0 Å². The molecule has 0 radical (unpaired) electrons. The predicted molar refractivity (Wildman–Crippen MR) is 114 cm³/mol. The van der Waals surface area contributed by atoms with Crippen molar-refractivity contribution in [2.75, 3.05) is 36.5 Å². The normalized spacial score (nSPS) is 14.4. The summed E-state index contributed by atoms with van der Waals surface area (Å²) in [5.74, 6) is -0.426. The summed E-state index contributed by atoms with van der Waals surface area (Å²) in [6, 6.07) is 8.81. The predicted octanol–water partition coefficient (Wildman–Crippen LogP) is 4.29. The zero-order valence-corrected chi connectivity index (χ0v) is 17.4. The van der Waals surface area contributed by atoms with E-state index in [0.717, 1.165) is 23.3 Å². The average molecular weight is 437 g/mol. The van der Waals surface area contributed by atoms with Gasteiger partial charge in [0.25, 0.3) is 5.91 Å². The minimum atomic E-state index is -4.50. The number of nitrogens with zero attached hydrogens (tertiary/aromatic N) is 1. The Morgan fingerprint density at radius 2 is 1.80 bits per heavy atom. The van der Waals surface area contributed by atoms with Crippen LogP contribution in [-0.2, 0) is 10.9 Å². The molecule has 0 aromatic heterocycles. The Morgan fingerprint density at radius 3 is 2.43 bits per heavy atom. The molecular weight excluding hydrogens is 415 g/mol. The summed E-state index contributed by atoms with van der Waals surface area (Å²) in [4.78, 5) is 14.5. The molecule has 0 saturated carbocycles. The number of benzene rings is 2. The summed E-state index contributed by atoms with van der Waals surface area (Å²) < 4.78 is 45.0. The second kappa shape index (κ2) is 9.01. The number of halogens is 3. The lowest BCUT2D eigenvalue weighted by Crippen LogP contribution is -2.38. The van der Waals surface area contributed by atoms with E-state index in [1.807, 2.05) is 30.9 Å². The van der Waals surface area contributed by atoms with Crippen molar-refractivity contribution in [2.45, 2.75) is 20.0 Å². The van der Waals surface area contributed by atoms with Crippen LogP contribution < -0.4 is 15.5 Å². The second-order valence-corrected chi connectivity index (χ2v) is 7.46. The van der Waals surface area contributed by atoms with Crippen LogP contribution in [0.25, 0.3) is 0 Å². The number of carbonyl (C=O) groups excluding carboxylic acids is 1. The van der Waals surface area contributed by atoms with Gasteiger partial charge < -0.3 is 15.0 Å². The quantitative estimate of drug-likeness (QED) is 0.702. The summed E-state index contributed by atoms with van der Waals surface area (Å²) >= 11 is 5.21. The topological polar surface area (TPSA) is 53.6 Å². The first-order valence-corrected chi connectivity index (χ1v) is 9.79. The monoisotopic (exact) mass is 437 g/mol. The van der Waals surface area contributed by atoms with Crippen LogP contribution in [0, 0.1) is 13.8 Å². The van der Waals surface area contributed by atoms with Crippen LogP contribution >= 0.6 is 12.2 Å². The van der Waals surface area contributed by atoms with Crippen molar-refractivity contribution in [3.8, 4) is 0 Å². The van der Waals surface area contributed by atoms with Crippen LogP contribution in [0.5, 0.6) is 0 Å². The highest BCUT2D eigenvalue weighted by molar-refractivity contribution is 7.80. The molecule has 0 bridgehead atoms. The van der Waals surface area contributed by atoms with Crippen molar-refractivity contribution >= 4 is 34.6 Å². The van der Waals surface area contributed by atoms with E-state index in [1.165, 1.54) is 6.07 Å². The molecule has 30 heavy (non-hydrogen) atoms. The van der Waals surface area contributed by atoms with E-state index in [0.29, 0.717) is 37.6 Å². The van der Waals surface area contributed by atoms with Crippen LogP contribution in [0.1, 0.15) is 27.0 Å². The van der Waals surface area contributed by atoms with Crippen molar-refractivity contribution < 1.29 is 22.7 Å². The summed E-state index contributed by atoms with van der Waals surface area (Å²) in [7, 11) is 0. The Morgan fingerprint density at radius 1 is 1.10 bits per heavy atom. The number of thiocarbonyl (C=S) groups is 1. The number of hydrogen-bond donors (Lipinski definition) is 2. The molecular formula is C21H22F3N3O2S. The third-order valence-corrected chi connectivity index (χ3v) is 4.98. The van der Waals surface area contributed by atoms with Gasteiger partial charge in [0.2, 0.25) is 0 Å². The molecule has 0 aliphatic carbocycles. The maximum Gasteiger partial charge on any atom is 0.416 e. The highest BCUT2D eigenvalue weighted by Crippen LogP contribution is 2.35. The number of anilines is 2. The highest BCUT2D eigenvalue weighted by Gasteiger charge is 2.31. The molecule has 1 heterocycles. The summed E-state index contributed by atoms with van der Waals surface area (Å²) in [6.07, 6.45) is -4.50. The first-order valence-electron chi connectivity index (χ1n) is 9.38. The lowest BCUT2D eigenvalue weighted by molar-refractivity contribution is -0.137. The lowest BCUT2D eigenvalue weighted by Gasteiger charge is -2.31. The molecule has 0 unspecified atom stereocenters. The van der Waals surface area contributed by atoms with E-state index in [-0.39, 0.29) is 10.8 Å². The minimum Gasteiger partial charge on any atom is -0.378 e. The van der Waals surface area contributed by atoms with Crippen molar-refractivity contribution in [2.24, 2.45) is 0 Å². The fourth-order valence-electron chi connectivity index (χ4n) is 3.28. The molecule has 2 aromatic rings. The summed E-state index contributed by atoms with van der Waals surface area (Å²) in [6.45, 7) is 5.77. The van der Waals surface area contributed by atoms with Gasteiger partial charge in [-0.2, -0.15) is 13.2 Å². The molecule has 0 spiro atoms. The molecule has 5 nitrogen and oxygen atoms in total. The zero-order valence-electron chi connectivity index (χ0n) is 16.6. The average Bonchev–Trinajstić information content (AvgIpc) is 2.67. The van der Waals surface area contributed by atoms with Crippen molar-refractivity contribution in [3.63, 3.8) is 0 Å². The SMILES string of the molecule is Cc1ccc(C(=O)NC(=S)Nc2cc(C(F)(F)F)ccc2N2CCOCC2)c(C)c1. The van der Waals surface area contributed by atoms with E-state index >= 15 is 0 Å². The summed E-state index contributed by atoms with van der Waals surface area (Å²) in [5, 5.41) is 5.24. The van der Waals surface area contributed by atoms with Gasteiger partial charge in [-0.15, -0.1) is 0 Å². The molecule has 3 rings (SSSR count). The standard InChI is InChI=1S/C21H22F3N3O2S/c1-13-3-5-16(14(2)11-13)19(28)26-20(30)25-17-12-15(21(22,23)24)4-6-18(17)27-7-9-29-10-8-27/h3-6,11-12H,7-10H2,1-2H3,(H2,25,26,28,30). The third-order valence-electron chi connectivity index (χ3n) is 4.78. The van der Waals surface area contributed by atoms with Crippen molar-refractivity contribution in [1.82, 2.24) is 5.32 Å². The molecule has 160 valence electrons. The van der Waals surface area contributed by atoms with Gasteiger partial charge in [0.1, 0.15) is 0 Å². The Balaban J connectivity index is 1.82. The molecule has 2 aromatic carbocycles. The van der Waals surface area contributed by atoms with Crippen LogP contribution in [0.2, 0.25) is 0 Å². The molecule has 1 fully saturated rings. The number of nitrogens with one attached hydrogen (secondary N) is 2. The van der Waals surface area contributed by atoms with Gasteiger partial charge in [-0.05, 0) is 55.9 Å².